The number of fused-ring (bicyclic) bond motifs is 1. The van der Waals surface area contributed by atoms with E-state index < -0.39 is 17.7 Å². The maximum atomic E-state index is 12.0. The molecule has 1 aromatic heterocycles. The Kier molecular flexibility index (Phi) is 4.08. The molecule has 0 bridgehead atoms. The van der Waals surface area contributed by atoms with Crippen molar-refractivity contribution in [3.8, 4) is 0 Å². The molecule has 1 atom stereocenters. The summed E-state index contributed by atoms with van der Waals surface area (Å²) in [5, 5.41) is 18.7. The first-order valence-corrected chi connectivity index (χ1v) is 8.52. The van der Waals surface area contributed by atoms with E-state index in [0.29, 0.717) is 24.0 Å². The molecule has 1 aliphatic heterocycles. The average molecular weight is 357 g/mol. The van der Waals surface area contributed by atoms with Gasteiger partial charge in [-0.1, -0.05) is 12.1 Å². The number of carbonyl (C=O) groups excluding carboxylic acids is 1. The fraction of sp³-hybridized carbons (Fsp3) is 0.412. The van der Waals surface area contributed by atoms with E-state index >= 15 is 0 Å². The predicted molar refractivity (Wildman–Crippen MR) is 90.4 cm³/mol. The van der Waals surface area contributed by atoms with Crippen LogP contribution in [-0.2, 0) is 24.4 Å². The van der Waals surface area contributed by atoms with Gasteiger partial charge in [0.05, 0.1) is 13.1 Å². The number of aliphatic carboxylic acids is 1. The van der Waals surface area contributed by atoms with E-state index in [1.54, 1.807) is 17.0 Å². The second kappa shape index (κ2) is 6.41. The number of carboxylic acid groups (broad SMARTS) is 1. The summed E-state index contributed by atoms with van der Waals surface area (Å²) < 4.78 is 1.36. The van der Waals surface area contributed by atoms with Gasteiger partial charge in [-0.25, -0.2) is 9.89 Å². The molecule has 1 aliphatic carbocycles. The molecule has 9 heteroatoms. The Morgan fingerprint density at radius 2 is 2.00 bits per heavy atom. The highest BCUT2D eigenvalue weighted by molar-refractivity contribution is 5.94. The standard InChI is InChI=1S/C17H19N5O4/c23-15(18-12-5-6-12)11-3-1-10(2-4-11)7-21-9-14-19-20-17(26)22(14)8-13(21)16(24)25/h1-4,12-13H,5-9H2,(H,18,23)(H,20,26)(H,24,25). The van der Waals surface area contributed by atoms with Gasteiger partial charge in [0.25, 0.3) is 5.91 Å². The Morgan fingerprint density at radius 1 is 1.27 bits per heavy atom. The lowest BCUT2D eigenvalue weighted by Gasteiger charge is -2.32. The number of aromatic nitrogens is 3. The molecule has 9 nitrogen and oxygen atoms in total. The number of benzene rings is 1. The van der Waals surface area contributed by atoms with Gasteiger partial charge in [-0.2, -0.15) is 5.10 Å². The lowest BCUT2D eigenvalue weighted by Crippen LogP contribution is -2.49. The Labute approximate surface area is 148 Å². The van der Waals surface area contributed by atoms with Crippen LogP contribution in [0, 0.1) is 0 Å². The van der Waals surface area contributed by atoms with Crippen LogP contribution in [-0.4, -0.2) is 48.7 Å². The summed E-state index contributed by atoms with van der Waals surface area (Å²) >= 11 is 0. The molecule has 1 amide bonds. The third kappa shape index (κ3) is 3.25. The normalized spacial score (nSPS) is 19.8. The first kappa shape index (κ1) is 16.5. The van der Waals surface area contributed by atoms with Crippen molar-refractivity contribution in [1.82, 2.24) is 25.0 Å². The fourth-order valence-corrected chi connectivity index (χ4v) is 3.13. The van der Waals surface area contributed by atoms with E-state index in [1.165, 1.54) is 4.57 Å². The summed E-state index contributed by atoms with van der Waals surface area (Å²) in [6.07, 6.45) is 2.07. The molecule has 0 saturated heterocycles. The van der Waals surface area contributed by atoms with Crippen molar-refractivity contribution < 1.29 is 14.7 Å². The average Bonchev–Trinajstić information content (AvgIpc) is 3.36. The van der Waals surface area contributed by atoms with Crippen LogP contribution in [0.2, 0.25) is 0 Å². The Hall–Kier alpha value is -2.94. The van der Waals surface area contributed by atoms with Gasteiger partial charge in [-0.05, 0) is 30.5 Å². The zero-order chi connectivity index (χ0) is 18.3. The number of hydrogen-bond acceptors (Lipinski definition) is 5. The summed E-state index contributed by atoms with van der Waals surface area (Å²) in [7, 11) is 0. The second-order valence-corrected chi connectivity index (χ2v) is 6.76. The van der Waals surface area contributed by atoms with Crippen LogP contribution in [0.15, 0.2) is 29.1 Å². The lowest BCUT2D eigenvalue weighted by atomic mass is 10.1. The minimum Gasteiger partial charge on any atom is -0.480 e. The van der Waals surface area contributed by atoms with Gasteiger partial charge < -0.3 is 10.4 Å². The number of nitrogens with zero attached hydrogens (tertiary/aromatic N) is 3. The highest BCUT2D eigenvalue weighted by Gasteiger charge is 2.33. The molecule has 1 fully saturated rings. The minimum absolute atomic E-state index is 0.0574. The maximum absolute atomic E-state index is 12.0. The Morgan fingerprint density at radius 3 is 2.65 bits per heavy atom. The van der Waals surface area contributed by atoms with Crippen LogP contribution in [0.1, 0.15) is 34.6 Å². The topological polar surface area (TPSA) is 120 Å². The highest BCUT2D eigenvalue weighted by Crippen LogP contribution is 2.20. The Bertz CT molecular complexity index is 897. The van der Waals surface area contributed by atoms with Gasteiger partial charge in [0, 0.05) is 18.2 Å². The fourth-order valence-electron chi connectivity index (χ4n) is 3.13. The van der Waals surface area contributed by atoms with Crippen molar-refractivity contribution in [2.45, 2.75) is 44.6 Å². The molecule has 0 spiro atoms. The smallest absolute Gasteiger partial charge is 0.343 e. The number of hydrogen-bond donors (Lipinski definition) is 3. The van der Waals surface area contributed by atoms with Gasteiger partial charge >= 0.3 is 11.7 Å². The van der Waals surface area contributed by atoms with E-state index in [9.17, 15) is 19.5 Å². The largest absolute Gasteiger partial charge is 0.480 e. The van der Waals surface area contributed by atoms with E-state index in [0.717, 1.165) is 18.4 Å². The van der Waals surface area contributed by atoms with Crippen molar-refractivity contribution in [3.05, 3.63) is 51.7 Å². The van der Waals surface area contributed by atoms with Crippen LogP contribution in [0.4, 0.5) is 0 Å². The molecule has 1 aromatic carbocycles. The second-order valence-electron chi connectivity index (χ2n) is 6.76. The van der Waals surface area contributed by atoms with Crippen molar-refractivity contribution in [2.24, 2.45) is 0 Å². The molecule has 0 radical (unpaired) electrons. The first-order chi connectivity index (χ1) is 12.5. The molecule has 136 valence electrons. The van der Waals surface area contributed by atoms with E-state index in [2.05, 4.69) is 15.5 Å². The quantitative estimate of drug-likeness (QED) is 0.689. The summed E-state index contributed by atoms with van der Waals surface area (Å²) in [5.41, 5.74) is 1.10. The van der Waals surface area contributed by atoms with Gasteiger partial charge in [0.2, 0.25) is 0 Å². The Balaban J connectivity index is 1.49. The van der Waals surface area contributed by atoms with Gasteiger partial charge in [0.15, 0.2) is 0 Å². The predicted octanol–water partition coefficient (Wildman–Crippen LogP) is -0.0674. The van der Waals surface area contributed by atoms with Gasteiger partial charge in [-0.3, -0.25) is 19.1 Å². The number of aromatic amines is 1. The highest BCUT2D eigenvalue weighted by atomic mass is 16.4. The first-order valence-electron chi connectivity index (χ1n) is 8.52. The van der Waals surface area contributed by atoms with Gasteiger partial charge in [0.1, 0.15) is 11.9 Å². The number of rotatable bonds is 5. The molecule has 1 saturated carbocycles. The molecule has 2 heterocycles. The number of nitrogens with one attached hydrogen (secondary N) is 2. The number of carboxylic acids is 1. The zero-order valence-electron chi connectivity index (χ0n) is 14.0. The summed E-state index contributed by atoms with van der Waals surface area (Å²) in [5.74, 6) is -0.543. The molecular formula is C17H19N5O4. The van der Waals surface area contributed by atoms with Crippen molar-refractivity contribution in [1.29, 1.82) is 0 Å². The zero-order valence-corrected chi connectivity index (χ0v) is 14.0. The molecule has 3 N–H and O–H groups in total. The van der Waals surface area contributed by atoms with Crippen LogP contribution < -0.4 is 11.0 Å². The van der Waals surface area contributed by atoms with E-state index in [1.807, 2.05) is 12.1 Å². The lowest BCUT2D eigenvalue weighted by molar-refractivity contribution is -0.145. The van der Waals surface area contributed by atoms with Crippen LogP contribution in [0.5, 0.6) is 0 Å². The van der Waals surface area contributed by atoms with Crippen molar-refractivity contribution in [3.63, 3.8) is 0 Å². The van der Waals surface area contributed by atoms with Crippen LogP contribution >= 0.6 is 0 Å². The summed E-state index contributed by atoms with van der Waals surface area (Å²) in [6.45, 7) is 0.712. The van der Waals surface area contributed by atoms with E-state index in [4.69, 9.17) is 0 Å². The number of carbonyl (C=O) groups is 2. The van der Waals surface area contributed by atoms with Gasteiger partial charge in [-0.15, -0.1) is 0 Å². The van der Waals surface area contributed by atoms with E-state index in [-0.39, 0.29) is 19.0 Å². The van der Waals surface area contributed by atoms with Crippen molar-refractivity contribution in [2.75, 3.05) is 0 Å². The molecule has 2 aliphatic rings. The monoisotopic (exact) mass is 357 g/mol. The minimum atomic E-state index is -0.982. The summed E-state index contributed by atoms with van der Waals surface area (Å²) in [6, 6.07) is 6.64. The third-order valence-corrected chi connectivity index (χ3v) is 4.78. The van der Waals surface area contributed by atoms with Crippen LogP contribution in [0.3, 0.4) is 0 Å². The number of amides is 1. The van der Waals surface area contributed by atoms with Crippen LogP contribution in [0.25, 0.3) is 0 Å². The number of H-pyrrole nitrogens is 1. The molecule has 26 heavy (non-hydrogen) atoms. The summed E-state index contributed by atoms with van der Waals surface area (Å²) in [4.78, 5) is 37.1. The maximum Gasteiger partial charge on any atom is 0.343 e. The molecule has 2 aromatic rings. The SMILES string of the molecule is O=C(NC1CC1)c1ccc(CN2Cc3n[nH]c(=O)n3CC2C(=O)O)cc1. The molecule has 1 unspecified atom stereocenters. The molecular weight excluding hydrogens is 338 g/mol. The molecule has 4 rings (SSSR count). The third-order valence-electron chi connectivity index (χ3n) is 4.78. The van der Waals surface area contributed by atoms with Crippen molar-refractivity contribution >= 4 is 11.9 Å².